The molecule has 1 aromatic heterocycles. The first-order valence-corrected chi connectivity index (χ1v) is 5.71. The number of rotatable bonds is 2. The van der Waals surface area contributed by atoms with Gasteiger partial charge in [-0.05, 0) is 53.8 Å². The van der Waals surface area contributed by atoms with Gasteiger partial charge in [-0.2, -0.15) is 0 Å². The van der Waals surface area contributed by atoms with E-state index in [1.54, 1.807) is 19.1 Å². The molecular weight excluding hydrogens is 322 g/mol. The molecule has 16 heavy (non-hydrogen) atoms. The minimum Gasteiger partial charge on any atom is -0.459 e. The van der Waals surface area contributed by atoms with Crippen molar-refractivity contribution < 1.29 is 13.6 Å². The number of benzene rings is 1. The number of carbonyl (C=O) groups excluding carboxylic acids is 1. The summed E-state index contributed by atoms with van der Waals surface area (Å²) in [5, 5.41) is 0. The van der Waals surface area contributed by atoms with Crippen LogP contribution in [0.1, 0.15) is 16.1 Å². The van der Waals surface area contributed by atoms with E-state index in [2.05, 4.69) is 22.6 Å². The van der Waals surface area contributed by atoms with Crippen molar-refractivity contribution in [2.24, 2.45) is 0 Å². The number of carbonyl (C=O) groups is 1. The summed E-state index contributed by atoms with van der Waals surface area (Å²) in [5.74, 6) is 0.900. The molecule has 0 aliphatic carbocycles. The Morgan fingerprint density at radius 2 is 1.94 bits per heavy atom. The van der Waals surface area contributed by atoms with E-state index in [4.69, 9.17) is 4.42 Å². The van der Waals surface area contributed by atoms with Crippen LogP contribution in [0.4, 0.5) is 4.39 Å². The quantitative estimate of drug-likeness (QED) is 0.619. The van der Waals surface area contributed by atoms with Crippen molar-refractivity contribution in [2.75, 3.05) is 0 Å². The zero-order valence-electron chi connectivity index (χ0n) is 8.46. The van der Waals surface area contributed by atoms with Crippen molar-refractivity contribution in [1.82, 2.24) is 0 Å². The highest BCUT2D eigenvalue weighted by Crippen LogP contribution is 2.31. The lowest BCUT2D eigenvalue weighted by Gasteiger charge is -1.97. The fourth-order valence-corrected chi connectivity index (χ4v) is 2.38. The Bertz CT molecular complexity index is 529. The summed E-state index contributed by atoms with van der Waals surface area (Å²) < 4.78 is 19.0. The molecule has 0 saturated heterocycles. The standard InChI is InChI=1S/C12H8FIO2/c1-7-10(6-15)11(14)12(16-7)8-2-4-9(13)5-3-8/h2-6H,1H3. The first-order chi connectivity index (χ1) is 7.63. The molecule has 2 aromatic rings. The van der Waals surface area contributed by atoms with Crippen LogP contribution in [-0.2, 0) is 0 Å². The van der Waals surface area contributed by atoms with Crippen molar-refractivity contribution in [3.63, 3.8) is 0 Å². The first kappa shape index (κ1) is 11.3. The predicted octanol–water partition coefficient (Wildman–Crippen LogP) is 3.81. The average Bonchev–Trinajstić information content (AvgIpc) is 2.55. The van der Waals surface area contributed by atoms with Crippen LogP contribution >= 0.6 is 22.6 Å². The smallest absolute Gasteiger partial charge is 0.154 e. The molecule has 0 radical (unpaired) electrons. The van der Waals surface area contributed by atoms with Gasteiger partial charge in [0.2, 0.25) is 0 Å². The summed E-state index contributed by atoms with van der Waals surface area (Å²) in [6.07, 6.45) is 0.771. The molecule has 0 spiro atoms. The molecule has 0 aliphatic rings. The fourth-order valence-electron chi connectivity index (χ4n) is 1.45. The maximum Gasteiger partial charge on any atom is 0.154 e. The molecule has 0 amide bonds. The maximum atomic E-state index is 12.8. The van der Waals surface area contributed by atoms with Gasteiger partial charge in [-0.15, -0.1) is 0 Å². The van der Waals surface area contributed by atoms with Crippen LogP contribution in [-0.4, -0.2) is 6.29 Å². The Labute approximate surface area is 106 Å². The van der Waals surface area contributed by atoms with Crippen molar-refractivity contribution in [3.8, 4) is 11.3 Å². The highest BCUT2D eigenvalue weighted by molar-refractivity contribution is 14.1. The highest BCUT2D eigenvalue weighted by Gasteiger charge is 2.16. The van der Waals surface area contributed by atoms with Crippen LogP contribution in [0.2, 0.25) is 0 Å². The number of hydrogen-bond donors (Lipinski definition) is 0. The van der Waals surface area contributed by atoms with Crippen molar-refractivity contribution in [3.05, 3.63) is 45.0 Å². The third-order valence-electron chi connectivity index (χ3n) is 2.29. The molecule has 1 aromatic carbocycles. The third-order valence-corrected chi connectivity index (χ3v) is 3.37. The van der Waals surface area contributed by atoms with Gasteiger partial charge in [0, 0.05) is 5.56 Å². The van der Waals surface area contributed by atoms with Gasteiger partial charge in [0.25, 0.3) is 0 Å². The molecule has 0 bridgehead atoms. The van der Waals surface area contributed by atoms with E-state index in [1.165, 1.54) is 12.1 Å². The molecule has 1 heterocycles. The number of furan rings is 1. The maximum absolute atomic E-state index is 12.8. The zero-order valence-corrected chi connectivity index (χ0v) is 10.6. The number of aldehydes is 1. The summed E-state index contributed by atoms with van der Waals surface area (Å²) >= 11 is 2.06. The second-order valence-electron chi connectivity index (χ2n) is 3.34. The van der Waals surface area contributed by atoms with Gasteiger partial charge in [-0.3, -0.25) is 4.79 Å². The topological polar surface area (TPSA) is 30.2 Å². The van der Waals surface area contributed by atoms with Gasteiger partial charge in [0.1, 0.15) is 17.3 Å². The van der Waals surface area contributed by atoms with Crippen LogP contribution < -0.4 is 0 Å². The lowest BCUT2D eigenvalue weighted by molar-refractivity contribution is 0.112. The third kappa shape index (κ3) is 1.89. The van der Waals surface area contributed by atoms with E-state index >= 15 is 0 Å². The molecule has 0 fully saturated rings. The number of hydrogen-bond acceptors (Lipinski definition) is 2. The Balaban J connectivity index is 2.56. The molecule has 82 valence electrons. The summed E-state index contributed by atoms with van der Waals surface area (Å²) in [5.41, 5.74) is 1.32. The minimum atomic E-state index is -0.294. The van der Waals surface area contributed by atoms with Crippen LogP contribution in [0.25, 0.3) is 11.3 Å². The molecule has 4 heteroatoms. The van der Waals surface area contributed by atoms with E-state index in [1.807, 2.05) is 0 Å². The Hall–Kier alpha value is -1.17. The first-order valence-electron chi connectivity index (χ1n) is 4.63. The van der Waals surface area contributed by atoms with Crippen LogP contribution in [0.15, 0.2) is 28.7 Å². The SMILES string of the molecule is Cc1oc(-c2ccc(F)cc2)c(I)c1C=O. The largest absolute Gasteiger partial charge is 0.459 e. The van der Waals surface area contributed by atoms with E-state index in [9.17, 15) is 9.18 Å². The van der Waals surface area contributed by atoms with Crippen LogP contribution in [0, 0.1) is 16.3 Å². The predicted molar refractivity (Wildman–Crippen MR) is 66.9 cm³/mol. The van der Waals surface area contributed by atoms with E-state index in [0.29, 0.717) is 17.1 Å². The molecule has 0 atom stereocenters. The van der Waals surface area contributed by atoms with Gasteiger partial charge in [0.15, 0.2) is 6.29 Å². The van der Waals surface area contributed by atoms with Crippen molar-refractivity contribution >= 4 is 28.9 Å². The second kappa shape index (κ2) is 4.37. The van der Waals surface area contributed by atoms with E-state index < -0.39 is 0 Å². The van der Waals surface area contributed by atoms with Crippen LogP contribution in [0.3, 0.4) is 0 Å². The number of aryl methyl sites for hydroxylation is 1. The van der Waals surface area contributed by atoms with Gasteiger partial charge in [-0.1, -0.05) is 0 Å². The van der Waals surface area contributed by atoms with E-state index in [0.717, 1.165) is 15.4 Å². The van der Waals surface area contributed by atoms with Gasteiger partial charge in [-0.25, -0.2) is 4.39 Å². The molecule has 0 N–H and O–H groups in total. The summed E-state index contributed by atoms with van der Waals surface area (Å²) in [7, 11) is 0. The minimum absolute atomic E-state index is 0.294. The van der Waals surface area contributed by atoms with Gasteiger partial charge >= 0.3 is 0 Å². The Kier molecular flexibility index (Phi) is 3.09. The molecule has 2 nitrogen and oxygen atoms in total. The molecule has 0 unspecified atom stereocenters. The molecule has 2 rings (SSSR count). The lowest BCUT2D eigenvalue weighted by atomic mass is 10.1. The second-order valence-corrected chi connectivity index (χ2v) is 4.42. The van der Waals surface area contributed by atoms with Gasteiger partial charge < -0.3 is 4.42 Å². The fraction of sp³-hybridized carbons (Fsp3) is 0.0833. The van der Waals surface area contributed by atoms with E-state index in [-0.39, 0.29) is 5.82 Å². The molecular formula is C12H8FIO2. The monoisotopic (exact) mass is 330 g/mol. The van der Waals surface area contributed by atoms with Crippen LogP contribution in [0.5, 0.6) is 0 Å². The van der Waals surface area contributed by atoms with Gasteiger partial charge in [0.05, 0.1) is 9.13 Å². The van der Waals surface area contributed by atoms with Crippen molar-refractivity contribution in [2.45, 2.75) is 6.92 Å². The Morgan fingerprint density at radius 1 is 1.31 bits per heavy atom. The summed E-state index contributed by atoms with van der Waals surface area (Å²) in [4.78, 5) is 10.8. The number of halogens is 2. The normalized spacial score (nSPS) is 10.4. The lowest BCUT2D eigenvalue weighted by Crippen LogP contribution is -1.83. The average molecular weight is 330 g/mol. The molecule has 0 saturated carbocycles. The van der Waals surface area contributed by atoms with Crippen molar-refractivity contribution in [1.29, 1.82) is 0 Å². The summed E-state index contributed by atoms with van der Waals surface area (Å²) in [6, 6.07) is 5.99. The summed E-state index contributed by atoms with van der Waals surface area (Å²) in [6.45, 7) is 1.74. The highest BCUT2D eigenvalue weighted by atomic mass is 127. The zero-order chi connectivity index (χ0) is 11.7. The Morgan fingerprint density at radius 3 is 2.44 bits per heavy atom. The molecule has 0 aliphatic heterocycles.